The number of carboxylic acids is 1. The van der Waals surface area contributed by atoms with Gasteiger partial charge in [-0.3, -0.25) is 9.59 Å². The Morgan fingerprint density at radius 1 is 0.897 bits per heavy atom. The highest BCUT2D eigenvalue weighted by Crippen LogP contribution is 2.17. The van der Waals surface area contributed by atoms with Crippen molar-refractivity contribution in [3.8, 4) is 0 Å². The van der Waals surface area contributed by atoms with Gasteiger partial charge in [-0.1, -0.05) is 43.0 Å². The van der Waals surface area contributed by atoms with Crippen molar-refractivity contribution in [3.05, 3.63) is 64.7 Å². The molecule has 0 amide bonds. The molecule has 156 valence electrons. The molecule has 2 rings (SSSR count). The van der Waals surface area contributed by atoms with Crippen LogP contribution < -0.4 is 4.72 Å². The molecule has 0 aliphatic carbocycles. The van der Waals surface area contributed by atoms with E-state index in [2.05, 4.69) is 4.72 Å². The van der Waals surface area contributed by atoms with E-state index < -0.39 is 16.0 Å². The lowest BCUT2D eigenvalue weighted by atomic mass is 10.0. The van der Waals surface area contributed by atoms with Gasteiger partial charge in [0.15, 0.2) is 5.78 Å². The predicted octanol–water partition coefficient (Wildman–Crippen LogP) is 4.27. The number of rotatable bonds is 12. The largest absolute Gasteiger partial charge is 0.481 e. The van der Waals surface area contributed by atoms with E-state index in [4.69, 9.17) is 16.7 Å². The van der Waals surface area contributed by atoms with Gasteiger partial charge in [-0.2, -0.15) is 0 Å². The third kappa shape index (κ3) is 7.61. The van der Waals surface area contributed by atoms with Crippen molar-refractivity contribution in [1.82, 2.24) is 4.72 Å². The van der Waals surface area contributed by atoms with E-state index in [0.29, 0.717) is 23.4 Å². The number of carbonyl (C=O) groups excluding carboxylic acids is 1. The Labute approximate surface area is 176 Å². The summed E-state index contributed by atoms with van der Waals surface area (Å²) >= 11 is 5.83. The first kappa shape index (κ1) is 23.1. The average Bonchev–Trinajstić information content (AvgIpc) is 2.70. The van der Waals surface area contributed by atoms with E-state index in [1.807, 2.05) is 0 Å². The molecule has 0 fully saturated rings. The van der Waals surface area contributed by atoms with Crippen LogP contribution in [0.3, 0.4) is 0 Å². The molecule has 0 saturated carbocycles. The number of nitrogens with one attached hydrogen (secondary N) is 1. The van der Waals surface area contributed by atoms with Crippen LogP contribution in [0.2, 0.25) is 5.02 Å². The van der Waals surface area contributed by atoms with Gasteiger partial charge in [-0.25, -0.2) is 13.1 Å². The lowest BCUT2D eigenvalue weighted by Gasteiger charge is -2.08. The van der Waals surface area contributed by atoms with E-state index in [9.17, 15) is 18.0 Å². The number of benzene rings is 2. The van der Waals surface area contributed by atoms with Crippen LogP contribution in [0.4, 0.5) is 0 Å². The molecule has 2 N–H and O–H groups in total. The summed E-state index contributed by atoms with van der Waals surface area (Å²) in [7, 11) is -3.71. The molecule has 0 saturated heterocycles. The normalized spacial score (nSPS) is 11.3. The van der Waals surface area contributed by atoms with E-state index in [1.54, 1.807) is 36.4 Å². The summed E-state index contributed by atoms with van der Waals surface area (Å²) < 4.78 is 27.5. The minimum absolute atomic E-state index is 0.0405. The summed E-state index contributed by atoms with van der Waals surface area (Å²) in [6, 6.07) is 12.4. The number of halogens is 1. The van der Waals surface area contributed by atoms with Crippen LogP contribution in [0.5, 0.6) is 0 Å². The van der Waals surface area contributed by atoms with Gasteiger partial charge in [0.2, 0.25) is 10.0 Å². The van der Waals surface area contributed by atoms with Crippen molar-refractivity contribution in [2.45, 2.75) is 43.4 Å². The lowest BCUT2D eigenvalue weighted by molar-refractivity contribution is -0.137. The minimum atomic E-state index is -3.71. The van der Waals surface area contributed by atoms with E-state index in [-0.39, 0.29) is 29.2 Å². The van der Waals surface area contributed by atoms with E-state index >= 15 is 0 Å². The van der Waals surface area contributed by atoms with Gasteiger partial charge in [0, 0.05) is 29.1 Å². The second-order valence-electron chi connectivity index (χ2n) is 6.67. The minimum Gasteiger partial charge on any atom is -0.481 e. The van der Waals surface area contributed by atoms with Crippen LogP contribution in [-0.4, -0.2) is 31.8 Å². The zero-order valence-electron chi connectivity index (χ0n) is 15.9. The quantitative estimate of drug-likeness (QED) is 0.381. The fourth-order valence-corrected chi connectivity index (χ4v) is 4.04. The van der Waals surface area contributed by atoms with Crippen LogP contribution in [0.15, 0.2) is 53.4 Å². The maximum absolute atomic E-state index is 12.6. The summed E-state index contributed by atoms with van der Waals surface area (Å²) in [5.74, 6) is -1.07. The van der Waals surface area contributed by atoms with Gasteiger partial charge < -0.3 is 5.11 Å². The lowest BCUT2D eigenvalue weighted by Crippen LogP contribution is -2.25. The first-order valence-electron chi connectivity index (χ1n) is 9.41. The summed E-state index contributed by atoms with van der Waals surface area (Å²) in [6.07, 6.45) is 3.95. The first-order valence-corrected chi connectivity index (χ1v) is 11.3. The maximum Gasteiger partial charge on any atom is 0.303 e. The molecule has 6 nitrogen and oxygen atoms in total. The molecule has 2 aromatic rings. The smallest absolute Gasteiger partial charge is 0.303 e. The SMILES string of the molecule is O=C(O)CCCCCCCNS(=O)(=O)c1cccc(C(=O)c2ccc(Cl)cc2)c1. The molecular formula is C21H24ClNO5S. The topological polar surface area (TPSA) is 101 Å². The highest BCUT2D eigenvalue weighted by atomic mass is 35.5. The number of sulfonamides is 1. The molecule has 0 aliphatic rings. The number of ketones is 1. The van der Waals surface area contributed by atoms with Gasteiger partial charge >= 0.3 is 5.97 Å². The van der Waals surface area contributed by atoms with Gasteiger partial charge in [-0.15, -0.1) is 0 Å². The molecule has 0 heterocycles. The average molecular weight is 438 g/mol. The molecule has 0 aliphatic heterocycles. The molecule has 0 atom stereocenters. The van der Waals surface area contributed by atoms with Gasteiger partial charge in [0.25, 0.3) is 0 Å². The summed E-state index contributed by atoms with van der Waals surface area (Å²) in [5, 5.41) is 9.10. The predicted molar refractivity (Wildman–Crippen MR) is 112 cm³/mol. The summed E-state index contributed by atoms with van der Waals surface area (Å²) in [6.45, 7) is 0.288. The van der Waals surface area contributed by atoms with Crippen molar-refractivity contribution in [3.63, 3.8) is 0 Å². The van der Waals surface area contributed by atoms with Crippen molar-refractivity contribution in [1.29, 1.82) is 0 Å². The second kappa shape index (κ2) is 11.1. The second-order valence-corrected chi connectivity index (χ2v) is 8.88. The third-order valence-corrected chi connectivity index (χ3v) is 6.08. The number of unbranched alkanes of at least 4 members (excludes halogenated alkanes) is 4. The van der Waals surface area contributed by atoms with Crippen LogP contribution in [0, 0.1) is 0 Å². The van der Waals surface area contributed by atoms with Gasteiger partial charge in [-0.05, 0) is 49.2 Å². The Balaban J connectivity index is 1.89. The van der Waals surface area contributed by atoms with Crippen LogP contribution in [-0.2, 0) is 14.8 Å². The number of hydrogen-bond donors (Lipinski definition) is 2. The third-order valence-electron chi connectivity index (χ3n) is 4.37. The molecule has 0 spiro atoms. The zero-order chi connectivity index (χ0) is 21.3. The number of carboxylic acid groups (broad SMARTS) is 1. The molecule has 29 heavy (non-hydrogen) atoms. The molecular weight excluding hydrogens is 414 g/mol. The Morgan fingerprint density at radius 2 is 1.55 bits per heavy atom. The fraction of sp³-hybridized carbons (Fsp3) is 0.333. The van der Waals surface area contributed by atoms with Crippen molar-refractivity contribution >= 4 is 33.4 Å². The highest BCUT2D eigenvalue weighted by molar-refractivity contribution is 7.89. The first-order chi connectivity index (χ1) is 13.8. The van der Waals surface area contributed by atoms with Crippen molar-refractivity contribution in [2.75, 3.05) is 6.54 Å². The van der Waals surface area contributed by atoms with Gasteiger partial charge in [0.05, 0.1) is 4.90 Å². The molecule has 0 aromatic heterocycles. The van der Waals surface area contributed by atoms with Crippen LogP contribution in [0.25, 0.3) is 0 Å². The molecule has 0 unspecified atom stereocenters. The van der Waals surface area contributed by atoms with Crippen molar-refractivity contribution in [2.24, 2.45) is 0 Å². The van der Waals surface area contributed by atoms with E-state index in [0.717, 1.165) is 19.3 Å². The standard InChI is InChI=1S/C21H24ClNO5S/c22-18-12-10-16(11-13-18)21(26)17-7-6-8-19(15-17)29(27,28)23-14-5-3-1-2-4-9-20(24)25/h6-8,10-13,15,23H,1-5,9,14H2,(H,24,25). The van der Waals surface area contributed by atoms with Gasteiger partial charge in [0.1, 0.15) is 0 Å². The number of carbonyl (C=O) groups is 2. The Hall–Kier alpha value is -2.22. The maximum atomic E-state index is 12.6. The summed E-state index contributed by atoms with van der Waals surface area (Å²) in [4.78, 5) is 23.0. The van der Waals surface area contributed by atoms with Crippen molar-refractivity contribution < 1.29 is 23.1 Å². The number of hydrogen-bond acceptors (Lipinski definition) is 4. The van der Waals surface area contributed by atoms with Crippen LogP contribution in [0.1, 0.15) is 54.4 Å². The van der Waals surface area contributed by atoms with E-state index in [1.165, 1.54) is 12.1 Å². The fourth-order valence-electron chi connectivity index (χ4n) is 2.79. The highest BCUT2D eigenvalue weighted by Gasteiger charge is 2.16. The molecule has 2 aromatic carbocycles. The molecule has 8 heteroatoms. The monoisotopic (exact) mass is 437 g/mol. The number of aliphatic carboxylic acids is 1. The zero-order valence-corrected chi connectivity index (χ0v) is 17.5. The Kier molecular flexibility index (Phi) is 8.82. The Morgan fingerprint density at radius 3 is 2.24 bits per heavy atom. The summed E-state index contributed by atoms with van der Waals surface area (Å²) in [5.41, 5.74) is 0.716. The molecule has 0 radical (unpaired) electrons. The van der Waals surface area contributed by atoms with Crippen LogP contribution >= 0.6 is 11.6 Å². The molecule has 0 bridgehead atoms. The Bertz CT molecular complexity index is 942.